The number of benzene rings is 2. The first-order chi connectivity index (χ1) is 14.4. The lowest BCUT2D eigenvalue weighted by Crippen LogP contribution is -2.06. The minimum absolute atomic E-state index is 0.0975. The molecule has 0 unspecified atom stereocenters. The molecule has 0 bridgehead atoms. The van der Waals surface area contributed by atoms with E-state index >= 15 is 0 Å². The molecule has 2 aromatic carbocycles. The second kappa shape index (κ2) is 7.44. The van der Waals surface area contributed by atoms with E-state index in [9.17, 15) is 19.7 Å². The number of fused-ring (bicyclic) bond motifs is 3. The van der Waals surface area contributed by atoms with Crippen LogP contribution in [-0.4, -0.2) is 27.7 Å². The summed E-state index contributed by atoms with van der Waals surface area (Å²) < 4.78 is 6.91. The maximum absolute atomic E-state index is 13.3. The number of non-ortho nitro benzene ring substituents is 1. The number of ether oxygens (including phenoxy) is 1. The van der Waals surface area contributed by atoms with Gasteiger partial charge in [0.15, 0.2) is 0 Å². The third kappa shape index (κ3) is 3.20. The van der Waals surface area contributed by atoms with E-state index in [1.165, 1.54) is 30.3 Å². The molecule has 7 heteroatoms. The summed E-state index contributed by atoms with van der Waals surface area (Å²) in [4.78, 5) is 36.2. The Morgan fingerprint density at radius 3 is 2.37 bits per heavy atom. The average molecular weight is 402 g/mol. The number of hydrogen-bond donors (Lipinski definition) is 0. The summed E-state index contributed by atoms with van der Waals surface area (Å²) in [5.74, 6) is -0.854. The summed E-state index contributed by atoms with van der Waals surface area (Å²) >= 11 is 0. The van der Waals surface area contributed by atoms with Crippen LogP contribution >= 0.6 is 0 Å². The highest BCUT2D eigenvalue weighted by Gasteiger charge is 2.23. The topological polar surface area (TPSA) is 90.9 Å². The number of nitrogens with zero attached hydrogens (tertiary/aromatic N) is 2. The highest BCUT2D eigenvalue weighted by Crippen LogP contribution is 2.27. The monoisotopic (exact) mass is 402 g/mol. The van der Waals surface area contributed by atoms with Crippen molar-refractivity contribution in [3.63, 3.8) is 0 Å². The van der Waals surface area contributed by atoms with E-state index in [1.807, 2.05) is 31.2 Å². The van der Waals surface area contributed by atoms with E-state index < -0.39 is 10.9 Å². The van der Waals surface area contributed by atoms with E-state index in [0.29, 0.717) is 16.6 Å². The second-order valence-corrected chi connectivity index (χ2v) is 6.91. The Bertz CT molecular complexity index is 1320. The van der Waals surface area contributed by atoms with E-state index in [0.717, 1.165) is 16.5 Å². The molecule has 0 aliphatic carbocycles. The van der Waals surface area contributed by atoms with Gasteiger partial charge in [0.1, 0.15) is 0 Å². The van der Waals surface area contributed by atoms with Gasteiger partial charge in [-0.3, -0.25) is 14.9 Å². The molecule has 0 N–H and O–H groups in total. The molecule has 0 saturated carbocycles. The van der Waals surface area contributed by atoms with Gasteiger partial charge in [-0.1, -0.05) is 17.7 Å². The summed E-state index contributed by atoms with van der Waals surface area (Å²) in [7, 11) is 0. The van der Waals surface area contributed by atoms with Crippen molar-refractivity contribution in [1.29, 1.82) is 0 Å². The summed E-state index contributed by atoms with van der Waals surface area (Å²) in [6.07, 6.45) is 0. The first kappa shape index (κ1) is 19.3. The van der Waals surface area contributed by atoms with Crippen LogP contribution in [0.1, 0.15) is 38.9 Å². The molecule has 7 nitrogen and oxygen atoms in total. The van der Waals surface area contributed by atoms with Gasteiger partial charge in [-0.25, -0.2) is 4.79 Å². The SMILES string of the molecule is CCOC(=O)c1cc(C(=O)c2ccc([N+](=O)[O-])cc2)n2c1ccc1cc(C)ccc12. The number of nitro benzene ring substituents is 1. The number of hydrogen-bond acceptors (Lipinski definition) is 5. The summed E-state index contributed by atoms with van der Waals surface area (Å²) in [5, 5.41) is 11.8. The Labute approximate surface area is 171 Å². The third-order valence-corrected chi connectivity index (χ3v) is 4.95. The van der Waals surface area contributed by atoms with Crippen molar-refractivity contribution in [2.45, 2.75) is 13.8 Å². The molecule has 0 fully saturated rings. The molecule has 0 radical (unpaired) electrons. The standard InChI is InChI=1S/C23H18N2O5/c1-3-30-23(27)18-13-21(22(26)15-5-8-17(9-6-15)25(28)29)24-19-10-4-14(2)12-16(19)7-11-20(18)24/h4-13H,3H2,1-2H3. The van der Waals surface area contributed by atoms with Gasteiger partial charge >= 0.3 is 5.97 Å². The smallest absolute Gasteiger partial charge is 0.340 e. The molecule has 2 heterocycles. The molecule has 2 aromatic heterocycles. The fourth-order valence-corrected chi connectivity index (χ4v) is 3.55. The molecule has 0 spiro atoms. The number of esters is 1. The molecule has 0 saturated heterocycles. The van der Waals surface area contributed by atoms with Crippen molar-refractivity contribution in [3.05, 3.63) is 93.2 Å². The van der Waals surface area contributed by atoms with Crippen LogP contribution in [0.15, 0.2) is 60.7 Å². The highest BCUT2D eigenvalue weighted by molar-refractivity contribution is 6.12. The maximum atomic E-state index is 13.3. The van der Waals surface area contributed by atoms with Crippen molar-refractivity contribution >= 4 is 33.9 Å². The molecule has 150 valence electrons. The van der Waals surface area contributed by atoms with Crippen molar-refractivity contribution < 1.29 is 19.2 Å². The van der Waals surface area contributed by atoms with E-state index in [-0.39, 0.29) is 23.8 Å². The highest BCUT2D eigenvalue weighted by atomic mass is 16.6. The van der Waals surface area contributed by atoms with Crippen molar-refractivity contribution in [2.75, 3.05) is 6.61 Å². The average Bonchev–Trinajstić information content (AvgIpc) is 3.13. The number of carbonyl (C=O) groups excluding carboxylic acids is 2. The zero-order chi connectivity index (χ0) is 21.4. The van der Waals surface area contributed by atoms with Gasteiger partial charge < -0.3 is 9.14 Å². The van der Waals surface area contributed by atoms with E-state index in [1.54, 1.807) is 17.4 Å². The molecule has 30 heavy (non-hydrogen) atoms. The largest absolute Gasteiger partial charge is 0.462 e. The van der Waals surface area contributed by atoms with Gasteiger partial charge in [-0.2, -0.15) is 0 Å². The van der Waals surface area contributed by atoms with Crippen molar-refractivity contribution in [1.82, 2.24) is 4.40 Å². The molecular formula is C23H18N2O5. The minimum atomic E-state index is -0.518. The van der Waals surface area contributed by atoms with Crippen molar-refractivity contribution in [3.8, 4) is 0 Å². The Kier molecular flexibility index (Phi) is 4.79. The van der Waals surface area contributed by atoms with Gasteiger partial charge in [0, 0.05) is 17.7 Å². The Hall–Kier alpha value is -4.00. The number of nitro groups is 1. The van der Waals surface area contributed by atoms with Crippen molar-refractivity contribution in [2.24, 2.45) is 0 Å². The fraction of sp³-hybridized carbons (Fsp3) is 0.130. The number of pyridine rings is 1. The van der Waals surface area contributed by atoms with E-state index in [4.69, 9.17) is 4.74 Å². The number of rotatable bonds is 5. The lowest BCUT2D eigenvalue weighted by molar-refractivity contribution is -0.384. The van der Waals surface area contributed by atoms with Gasteiger partial charge in [-0.15, -0.1) is 0 Å². The van der Waals surface area contributed by atoms with Crippen LogP contribution in [0.4, 0.5) is 5.69 Å². The fourth-order valence-electron chi connectivity index (χ4n) is 3.55. The number of aryl methyl sites for hydroxylation is 1. The first-order valence-electron chi connectivity index (χ1n) is 9.42. The molecule has 0 aliphatic heterocycles. The number of carbonyl (C=O) groups is 2. The lowest BCUT2D eigenvalue weighted by Gasteiger charge is -2.08. The van der Waals surface area contributed by atoms with Crippen LogP contribution in [-0.2, 0) is 4.74 Å². The van der Waals surface area contributed by atoms with Gasteiger partial charge in [0.2, 0.25) is 5.78 Å². The summed E-state index contributed by atoms with van der Waals surface area (Å²) in [5.41, 5.74) is 3.19. The predicted molar refractivity (Wildman–Crippen MR) is 112 cm³/mol. The predicted octanol–water partition coefficient (Wildman–Crippen LogP) is 4.72. The zero-order valence-corrected chi connectivity index (χ0v) is 16.4. The molecule has 0 aliphatic rings. The normalized spacial score (nSPS) is 11.0. The van der Waals surface area contributed by atoms with Crippen LogP contribution < -0.4 is 0 Å². The number of ketones is 1. The van der Waals surface area contributed by atoms with E-state index in [2.05, 4.69) is 0 Å². The quantitative estimate of drug-likeness (QED) is 0.209. The Morgan fingerprint density at radius 2 is 1.70 bits per heavy atom. The second-order valence-electron chi connectivity index (χ2n) is 6.91. The molecule has 0 amide bonds. The molecule has 4 rings (SSSR count). The van der Waals surface area contributed by atoms with Gasteiger partial charge in [-0.05, 0) is 55.6 Å². The Balaban J connectivity index is 1.96. The lowest BCUT2D eigenvalue weighted by atomic mass is 10.1. The van der Waals surface area contributed by atoms with Crippen LogP contribution in [0.25, 0.3) is 16.4 Å². The molecule has 4 aromatic rings. The molecule has 0 atom stereocenters. The third-order valence-electron chi connectivity index (χ3n) is 4.95. The van der Waals surface area contributed by atoms with Crippen LogP contribution in [0.5, 0.6) is 0 Å². The zero-order valence-electron chi connectivity index (χ0n) is 16.4. The maximum Gasteiger partial charge on any atom is 0.340 e. The summed E-state index contributed by atoms with van der Waals surface area (Å²) in [6.45, 7) is 3.91. The van der Waals surface area contributed by atoms with Crippen LogP contribution in [0, 0.1) is 17.0 Å². The number of aromatic nitrogens is 1. The Morgan fingerprint density at radius 1 is 1.00 bits per heavy atom. The first-order valence-corrected chi connectivity index (χ1v) is 9.42. The van der Waals surface area contributed by atoms with Gasteiger partial charge in [0.25, 0.3) is 5.69 Å². The van der Waals surface area contributed by atoms with Gasteiger partial charge in [0.05, 0.1) is 33.8 Å². The minimum Gasteiger partial charge on any atom is -0.462 e. The molecular weight excluding hydrogens is 384 g/mol. The summed E-state index contributed by atoms with van der Waals surface area (Å²) in [6, 6.07) is 16.5. The van der Waals surface area contributed by atoms with Crippen LogP contribution in [0.3, 0.4) is 0 Å². The van der Waals surface area contributed by atoms with Crippen LogP contribution in [0.2, 0.25) is 0 Å².